The third-order valence-electron chi connectivity index (χ3n) is 3.85. The van der Waals surface area contributed by atoms with E-state index in [1.165, 1.54) is 12.5 Å². The summed E-state index contributed by atoms with van der Waals surface area (Å²) in [6.45, 7) is -1.01. The van der Waals surface area contributed by atoms with Crippen LogP contribution in [0, 0.1) is 0 Å². The number of nitrogens with zero attached hydrogens (tertiary/aromatic N) is 3. The van der Waals surface area contributed by atoms with Crippen molar-refractivity contribution >= 4 is 54.6 Å². The van der Waals surface area contributed by atoms with E-state index in [2.05, 4.69) is 29.2 Å². The maximum absolute atomic E-state index is 12.6. The van der Waals surface area contributed by atoms with Crippen LogP contribution < -0.4 is 15.8 Å². The number of hydrogen-bond acceptors (Lipinski definition) is 13. The minimum atomic E-state index is -5.07. The lowest BCUT2D eigenvalue weighted by Crippen LogP contribution is -2.73. The number of nitrogens with two attached hydrogens (primary N) is 1. The third kappa shape index (κ3) is 6.31. The minimum Gasteiger partial charge on any atom is -0.398 e. The average molecular weight is 517 g/mol. The van der Waals surface area contributed by atoms with Crippen molar-refractivity contribution in [1.29, 1.82) is 0 Å². The summed E-state index contributed by atoms with van der Waals surface area (Å²) in [7, 11) is -6.93. The van der Waals surface area contributed by atoms with Crippen LogP contribution in [0.5, 0.6) is 0 Å². The van der Waals surface area contributed by atoms with Gasteiger partial charge < -0.3 is 20.6 Å². The number of oxime groups is 1. The normalized spacial score (nSPS) is 19.5. The number of β-lactam (4-membered cyclic amide) rings is 1. The van der Waals surface area contributed by atoms with E-state index >= 15 is 0 Å². The number of ether oxygens (including phenoxy) is 1. The maximum Gasteiger partial charge on any atom is 0.362 e. The summed E-state index contributed by atoms with van der Waals surface area (Å²) in [5.41, 5.74) is 5.16. The number of rotatable bonds is 12. The van der Waals surface area contributed by atoms with Crippen LogP contribution in [0.1, 0.15) is 5.69 Å². The first-order chi connectivity index (χ1) is 14.9. The van der Waals surface area contributed by atoms with Gasteiger partial charge in [0.25, 0.3) is 11.8 Å². The van der Waals surface area contributed by atoms with Gasteiger partial charge in [0.05, 0.1) is 13.2 Å². The first kappa shape index (κ1) is 25.8. The van der Waals surface area contributed by atoms with Crippen LogP contribution in [0.2, 0.25) is 0 Å². The van der Waals surface area contributed by atoms with Crippen molar-refractivity contribution in [2.24, 2.45) is 5.16 Å². The first-order valence-corrected chi connectivity index (χ1v) is 12.2. The molecule has 0 aliphatic carbocycles. The number of nitrogens with one attached hydrogen (secondary N) is 2. The average Bonchev–Trinajstić information content (AvgIpc) is 3.11. The van der Waals surface area contributed by atoms with E-state index in [4.69, 9.17) is 5.73 Å². The molecule has 16 nitrogen and oxygen atoms in total. The summed E-state index contributed by atoms with van der Waals surface area (Å²) in [6, 6.07) is -3.15. The van der Waals surface area contributed by atoms with E-state index in [0.717, 1.165) is 18.4 Å². The first-order valence-electron chi connectivity index (χ1n) is 8.48. The summed E-state index contributed by atoms with van der Waals surface area (Å²) >= 11 is 0.999. The molecule has 0 spiro atoms. The molecule has 1 aliphatic heterocycles. The molecule has 0 unspecified atom stereocenters. The zero-order chi connectivity index (χ0) is 24.1. The Bertz CT molecular complexity index is 1090. The summed E-state index contributed by atoms with van der Waals surface area (Å²) in [5.74, 6) is -2.23. The lowest BCUT2D eigenvalue weighted by Gasteiger charge is -2.43. The predicted molar refractivity (Wildman–Crippen MR) is 109 cm³/mol. The van der Waals surface area contributed by atoms with Crippen molar-refractivity contribution in [1.82, 2.24) is 19.3 Å². The lowest BCUT2D eigenvalue weighted by molar-refractivity contribution is -0.146. The molecular formula is C13H20N6O10S3. The van der Waals surface area contributed by atoms with Crippen molar-refractivity contribution in [3.63, 3.8) is 0 Å². The Kier molecular flexibility index (Phi) is 8.45. The molecule has 19 heteroatoms. The number of methoxy groups -OCH3 is 1. The van der Waals surface area contributed by atoms with Crippen molar-refractivity contribution in [2.45, 2.75) is 12.1 Å². The number of amides is 2. The Morgan fingerprint density at radius 3 is 2.59 bits per heavy atom. The van der Waals surface area contributed by atoms with E-state index in [9.17, 15) is 31.0 Å². The molecule has 5 N–H and O–H groups in total. The molecule has 2 heterocycles. The lowest BCUT2D eigenvalue weighted by atomic mass is 9.99. The monoisotopic (exact) mass is 516 g/mol. The molecular weight excluding hydrogens is 496 g/mol. The molecule has 1 fully saturated rings. The predicted octanol–water partition coefficient (Wildman–Crippen LogP) is -2.93. The van der Waals surface area contributed by atoms with Crippen LogP contribution in [0.4, 0.5) is 5.13 Å². The van der Waals surface area contributed by atoms with Crippen LogP contribution in [0.3, 0.4) is 0 Å². The smallest absolute Gasteiger partial charge is 0.362 e. The molecule has 0 saturated carbocycles. The topological polar surface area (TPSA) is 229 Å². The van der Waals surface area contributed by atoms with Crippen LogP contribution in [-0.4, -0.2) is 94.3 Å². The summed E-state index contributed by atoms with van der Waals surface area (Å²) in [4.78, 5) is 33.3. The molecule has 0 radical (unpaired) electrons. The van der Waals surface area contributed by atoms with E-state index in [0.29, 0.717) is 0 Å². The fourth-order valence-corrected chi connectivity index (χ4v) is 4.65. The van der Waals surface area contributed by atoms with Crippen LogP contribution >= 0.6 is 11.3 Å². The van der Waals surface area contributed by atoms with Gasteiger partial charge in [0.1, 0.15) is 24.9 Å². The van der Waals surface area contributed by atoms with Gasteiger partial charge in [-0.05, 0) is 0 Å². The van der Waals surface area contributed by atoms with Gasteiger partial charge in [-0.25, -0.2) is 9.29 Å². The Morgan fingerprint density at radius 2 is 2.06 bits per heavy atom. The highest BCUT2D eigenvalue weighted by Gasteiger charge is 2.54. The molecule has 1 aromatic heterocycles. The van der Waals surface area contributed by atoms with Gasteiger partial charge in [0.15, 0.2) is 10.8 Å². The van der Waals surface area contributed by atoms with Gasteiger partial charge in [0, 0.05) is 19.0 Å². The SMILES string of the molecule is COCCNS(=O)(=O)OC[C@@H]1[C@H](NC(=O)/C(=N\OC)c2csc(N)n2)C(=O)N1S(=O)(=O)O. The fourth-order valence-electron chi connectivity index (χ4n) is 2.50. The second-order valence-electron chi connectivity index (χ2n) is 5.95. The molecule has 1 saturated heterocycles. The van der Waals surface area contributed by atoms with Gasteiger partial charge in [0.2, 0.25) is 0 Å². The van der Waals surface area contributed by atoms with Gasteiger partial charge in [-0.2, -0.15) is 21.6 Å². The molecule has 0 aromatic carbocycles. The van der Waals surface area contributed by atoms with E-state index < -0.39 is 51.1 Å². The Morgan fingerprint density at radius 1 is 1.38 bits per heavy atom. The quantitative estimate of drug-likeness (QED) is 0.0719. The second-order valence-corrected chi connectivity index (χ2v) is 9.56. The highest BCUT2D eigenvalue weighted by atomic mass is 32.2. The van der Waals surface area contributed by atoms with E-state index in [-0.39, 0.29) is 34.0 Å². The number of anilines is 1. The van der Waals surface area contributed by atoms with Gasteiger partial charge >= 0.3 is 20.6 Å². The highest BCUT2D eigenvalue weighted by Crippen LogP contribution is 2.24. The number of aromatic nitrogens is 1. The molecule has 2 atom stereocenters. The highest BCUT2D eigenvalue weighted by molar-refractivity contribution is 7.84. The van der Waals surface area contributed by atoms with Crippen molar-refractivity contribution in [2.75, 3.05) is 39.7 Å². The molecule has 2 rings (SSSR count). The molecule has 32 heavy (non-hydrogen) atoms. The number of carbonyl (C=O) groups is 2. The Hall–Kier alpha value is -2.42. The van der Waals surface area contributed by atoms with Crippen LogP contribution in [0.25, 0.3) is 0 Å². The number of nitrogen functional groups attached to an aromatic ring is 1. The molecule has 2 amide bonds. The standard InChI is InChI=1S/C13H20N6O10S3/c1-27-4-3-15-31(22,23)29-5-8-10(12(21)19(8)32(24,25)26)17-11(20)9(18-28-2)7-6-30-13(14)16-7/h6,8,10,15H,3-5H2,1-2H3,(H2,14,16)(H,17,20)(H,24,25,26)/b18-9-/t8-,10+/m1/s1. The largest absolute Gasteiger partial charge is 0.398 e. The summed E-state index contributed by atoms with van der Waals surface area (Å²) < 4.78 is 67.3. The fraction of sp³-hybridized carbons (Fsp3) is 0.538. The van der Waals surface area contributed by atoms with E-state index in [1.807, 2.05) is 4.72 Å². The minimum absolute atomic E-state index is 0.0166. The number of thiazole rings is 1. The number of carbonyl (C=O) groups excluding carboxylic acids is 2. The van der Waals surface area contributed by atoms with Gasteiger partial charge in [-0.3, -0.25) is 18.3 Å². The van der Waals surface area contributed by atoms with Crippen LogP contribution in [0.15, 0.2) is 10.5 Å². The van der Waals surface area contributed by atoms with Gasteiger partial charge in [-0.1, -0.05) is 5.16 Å². The van der Waals surface area contributed by atoms with Crippen molar-refractivity contribution < 1.29 is 44.7 Å². The molecule has 1 aliphatic rings. The zero-order valence-electron chi connectivity index (χ0n) is 16.6. The molecule has 180 valence electrons. The summed E-state index contributed by atoms with van der Waals surface area (Å²) in [6.07, 6.45) is 0. The Balaban J connectivity index is 2.18. The van der Waals surface area contributed by atoms with Crippen molar-refractivity contribution in [3.05, 3.63) is 11.1 Å². The number of hydrogen-bond donors (Lipinski definition) is 4. The molecule has 0 bridgehead atoms. The second kappa shape index (κ2) is 10.5. The van der Waals surface area contributed by atoms with E-state index in [1.54, 1.807) is 0 Å². The van der Waals surface area contributed by atoms with Gasteiger partial charge in [-0.15, -0.1) is 11.3 Å². The van der Waals surface area contributed by atoms with Crippen molar-refractivity contribution in [3.8, 4) is 0 Å². The summed E-state index contributed by atoms with van der Waals surface area (Å²) in [5, 5.41) is 7.21. The third-order valence-corrected chi connectivity index (χ3v) is 6.47. The van der Waals surface area contributed by atoms with Crippen LogP contribution in [-0.2, 0) is 44.0 Å². The zero-order valence-corrected chi connectivity index (χ0v) is 19.1. The maximum atomic E-state index is 12.6. The Labute approximate surface area is 186 Å². The molecule has 1 aromatic rings.